The number of rotatable bonds is 3. The molecule has 1 aromatic heterocycles. The van der Waals surface area contributed by atoms with Crippen molar-refractivity contribution in [3.8, 4) is 17.3 Å². The maximum absolute atomic E-state index is 11.0. The van der Waals surface area contributed by atoms with E-state index in [9.17, 15) is 15.4 Å². The van der Waals surface area contributed by atoms with Crippen molar-refractivity contribution in [2.75, 3.05) is 30.5 Å². The van der Waals surface area contributed by atoms with E-state index in [0.29, 0.717) is 11.3 Å². The van der Waals surface area contributed by atoms with E-state index >= 15 is 0 Å². The second-order valence-electron chi connectivity index (χ2n) is 4.66. The quantitative estimate of drug-likeness (QED) is 0.633. The predicted molar refractivity (Wildman–Crippen MR) is 82.0 cm³/mol. The molecule has 2 rings (SSSR count). The van der Waals surface area contributed by atoms with E-state index in [0.717, 1.165) is 0 Å². The van der Waals surface area contributed by atoms with E-state index in [-0.39, 0.29) is 28.7 Å². The Morgan fingerprint density at radius 3 is 2.55 bits per heavy atom. The zero-order chi connectivity index (χ0) is 16.4. The summed E-state index contributed by atoms with van der Waals surface area (Å²) in [5.74, 6) is -0.177. The van der Waals surface area contributed by atoms with Gasteiger partial charge in [-0.1, -0.05) is 0 Å². The summed E-state index contributed by atoms with van der Waals surface area (Å²) >= 11 is 0. The largest absolute Gasteiger partial charge is 0.382 e. The van der Waals surface area contributed by atoms with E-state index in [4.69, 9.17) is 11.5 Å². The summed E-state index contributed by atoms with van der Waals surface area (Å²) in [4.78, 5) is 20.0. The van der Waals surface area contributed by atoms with Crippen LogP contribution >= 0.6 is 0 Å². The fraction of sp³-hybridized carbons (Fsp3) is 0.154. The van der Waals surface area contributed by atoms with Crippen LogP contribution in [-0.4, -0.2) is 29.0 Å². The standard InChI is InChI=1S/C13H13N7O2/c1-19(2)10-4-3-7(20(21)22)5-8(10)11-9(6-14)12(15)18-13(16)17-11/h3-5H,1-2H3,(H4,15,16,17,18). The summed E-state index contributed by atoms with van der Waals surface area (Å²) in [6.07, 6.45) is 0. The maximum atomic E-state index is 11.0. The molecule has 22 heavy (non-hydrogen) atoms. The number of nitriles is 1. The van der Waals surface area contributed by atoms with Crippen molar-refractivity contribution in [1.29, 1.82) is 5.26 Å². The van der Waals surface area contributed by atoms with Crippen molar-refractivity contribution in [3.05, 3.63) is 33.9 Å². The second kappa shape index (κ2) is 5.53. The molecule has 2 aromatic rings. The first-order valence-electron chi connectivity index (χ1n) is 6.14. The molecule has 0 aliphatic heterocycles. The third kappa shape index (κ3) is 2.57. The molecular formula is C13H13N7O2. The van der Waals surface area contributed by atoms with Crippen molar-refractivity contribution in [3.63, 3.8) is 0 Å². The third-order valence-corrected chi connectivity index (χ3v) is 2.99. The van der Waals surface area contributed by atoms with Gasteiger partial charge in [-0.15, -0.1) is 0 Å². The monoisotopic (exact) mass is 299 g/mol. The van der Waals surface area contributed by atoms with Crippen LogP contribution in [0, 0.1) is 21.4 Å². The molecule has 0 saturated heterocycles. The topological polar surface area (TPSA) is 148 Å². The second-order valence-corrected chi connectivity index (χ2v) is 4.66. The van der Waals surface area contributed by atoms with Gasteiger partial charge in [0.25, 0.3) is 5.69 Å². The average molecular weight is 299 g/mol. The number of hydrogen-bond donors (Lipinski definition) is 2. The lowest BCUT2D eigenvalue weighted by Gasteiger charge is -2.18. The number of non-ortho nitro benzene ring substituents is 1. The number of nitrogens with zero attached hydrogens (tertiary/aromatic N) is 5. The highest BCUT2D eigenvalue weighted by Crippen LogP contribution is 2.35. The van der Waals surface area contributed by atoms with Crippen LogP contribution in [0.3, 0.4) is 0 Å². The molecule has 4 N–H and O–H groups in total. The Balaban J connectivity index is 2.84. The molecule has 0 aliphatic carbocycles. The van der Waals surface area contributed by atoms with Gasteiger partial charge >= 0.3 is 0 Å². The van der Waals surface area contributed by atoms with Crippen molar-refractivity contribution in [1.82, 2.24) is 9.97 Å². The summed E-state index contributed by atoms with van der Waals surface area (Å²) in [7, 11) is 3.54. The fourth-order valence-electron chi connectivity index (χ4n) is 2.02. The predicted octanol–water partition coefficient (Wildman–Crippen LogP) is 1.15. The molecule has 0 bridgehead atoms. The molecule has 0 aliphatic rings. The van der Waals surface area contributed by atoms with Crippen molar-refractivity contribution in [2.45, 2.75) is 0 Å². The minimum atomic E-state index is -0.525. The van der Waals surface area contributed by atoms with Gasteiger partial charge in [0.2, 0.25) is 5.95 Å². The van der Waals surface area contributed by atoms with E-state index in [1.54, 1.807) is 25.1 Å². The molecule has 0 radical (unpaired) electrons. The van der Waals surface area contributed by atoms with Gasteiger partial charge < -0.3 is 16.4 Å². The highest BCUT2D eigenvalue weighted by atomic mass is 16.6. The van der Waals surface area contributed by atoms with Gasteiger partial charge in [0.1, 0.15) is 17.5 Å². The molecular weight excluding hydrogens is 286 g/mol. The van der Waals surface area contributed by atoms with Gasteiger partial charge in [0, 0.05) is 37.5 Å². The zero-order valence-electron chi connectivity index (χ0n) is 11.9. The number of hydrogen-bond acceptors (Lipinski definition) is 8. The SMILES string of the molecule is CN(C)c1ccc([N+](=O)[O-])cc1-c1nc(N)nc(N)c1C#N. The van der Waals surface area contributed by atoms with Crippen molar-refractivity contribution >= 4 is 23.1 Å². The van der Waals surface area contributed by atoms with E-state index in [1.165, 1.54) is 12.1 Å². The Morgan fingerprint density at radius 1 is 1.32 bits per heavy atom. The minimum Gasteiger partial charge on any atom is -0.382 e. The van der Waals surface area contributed by atoms with Crippen LogP contribution < -0.4 is 16.4 Å². The molecule has 0 atom stereocenters. The normalized spacial score (nSPS) is 10.0. The van der Waals surface area contributed by atoms with Gasteiger partial charge in [-0.3, -0.25) is 10.1 Å². The van der Waals surface area contributed by atoms with E-state index in [1.807, 2.05) is 6.07 Å². The molecule has 0 amide bonds. The Bertz CT molecular complexity index is 796. The van der Waals surface area contributed by atoms with Crippen LogP contribution in [0.2, 0.25) is 0 Å². The first kappa shape index (κ1) is 15.0. The number of benzene rings is 1. The highest BCUT2D eigenvalue weighted by molar-refractivity contribution is 5.84. The maximum Gasteiger partial charge on any atom is 0.270 e. The molecule has 1 heterocycles. The highest BCUT2D eigenvalue weighted by Gasteiger charge is 2.20. The third-order valence-electron chi connectivity index (χ3n) is 2.99. The molecule has 0 unspecified atom stereocenters. The lowest BCUT2D eigenvalue weighted by Crippen LogP contribution is -2.12. The Hall–Kier alpha value is -3.41. The zero-order valence-corrected chi connectivity index (χ0v) is 11.9. The number of nitro groups is 1. The Morgan fingerprint density at radius 2 is 2.00 bits per heavy atom. The van der Waals surface area contributed by atoms with Crippen LogP contribution in [0.1, 0.15) is 5.56 Å². The number of anilines is 3. The van der Waals surface area contributed by atoms with Crippen molar-refractivity contribution < 1.29 is 4.92 Å². The first-order chi connectivity index (χ1) is 10.3. The minimum absolute atomic E-state index is 0.0257. The summed E-state index contributed by atoms with van der Waals surface area (Å²) in [5.41, 5.74) is 12.4. The van der Waals surface area contributed by atoms with Crippen LogP contribution in [0.15, 0.2) is 18.2 Å². The lowest BCUT2D eigenvalue weighted by molar-refractivity contribution is -0.384. The smallest absolute Gasteiger partial charge is 0.270 e. The summed E-state index contributed by atoms with van der Waals surface area (Å²) < 4.78 is 0. The van der Waals surface area contributed by atoms with Crippen LogP contribution in [0.5, 0.6) is 0 Å². The summed E-state index contributed by atoms with van der Waals surface area (Å²) in [6.45, 7) is 0. The molecule has 1 aromatic carbocycles. The number of nitrogens with two attached hydrogens (primary N) is 2. The van der Waals surface area contributed by atoms with Gasteiger partial charge in [-0.2, -0.15) is 10.2 Å². The van der Waals surface area contributed by atoms with Crippen LogP contribution in [0.25, 0.3) is 11.3 Å². The Labute approximate surface area is 126 Å². The van der Waals surface area contributed by atoms with Gasteiger partial charge in [-0.05, 0) is 6.07 Å². The number of nitrogen functional groups attached to an aromatic ring is 2. The molecule has 0 spiro atoms. The Kier molecular flexibility index (Phi) is 3.77. The van der Waals surface area contributed by atoms with Crippen LogP contribution in [-0.2, 0) is 0 Å². The first-order valence-corrected chi connectivity index (χ1v) is 6.14. The molecule has 0 saturated carbocycles. The van der Waals surface area contributed by atoms with E-state index < -0.39 is 4.92 Å². The number of nitro benzene ring substituents is 1. The summed E-state index contributed by atoms with van der Waals surface area (Å²) in [6, 6.07) is 6.19. The van der Waals surface area contributed by atoms with Gasteiger partial charge in [-0.25, -0.2) is 4.98 Å². The molecule has 112 valence electrons. The lowest BCUT2D eigenvalue weighted by atomic mass is 10.0. The van der Waals surface area contributed by atoms with E-state index in [2.05, 4.69) is 9.97 Å². The average Bonchev–Trinajstić information content (AvgIpc) is 2.45. The van der Waals surface area contributed by atoms with Crippen LogP contribution in [0.4, 0.5) is 23.1 Å². The number of aromatic nitrogens is 2. The molecule has 9 nitrogen and oxygen atoms in total. The molecule has 9 heteroatoms. The summed E-state index contributed by atoms with van der Waals surface area (Å²) in [5, 5.41) is 20.3. The van der Waals surface area contributed by atoms with Crippen molar-refractivity contribution in [2.24, 2.45) is 0 Å². The fourth-order valence-corrected chi connectivity index (χ4v) is 2.02. The van der Waals surface area contributed by atoms with Gasteiger partial charge in [0.15, 0.2) is 0 Å². The van der Waals surface area contributed by atoms with Gasteiger partial charge in [0.05, 0.1) is 10.6 Å². The molecule has 0 fully saturated rings.